The molecule has 4 rings (SSSR count). The van der Waals surface area contributed by atoms with Crippen molar-refractivity contribution >= 4 is 51.9 Å². The second kappa shape index (κ2) is 12.3. The van der Waals surface area contributed by atoms with Crippen LogP contribution in [0.2, 0.25) is 0 Å². The lowest BCUT2D eigenvalue weighted by Gasteiger charge is -2.31. The fraction of sp³-hybridized carbons (Fsp3) is 0.321. The molecule has 0 bridgehead atoms. The average molecular weight is 684 g/mol. The van der Waals surface area contributed by atoms with Gasteiger partial charge < -0.3 is 0 Å². The molecule has 1 atom stereocenters. The summed E-state index contributed by atoms with van der Waals surface area (Å²) in [4.78, 5) is 12.7. The van der Waals surface area contributed by atoms with Crippen molar-refractivity contribution in [2.45, 2.75) is 60.3 Å². The molecule has 3 aromatic rings. The fourth-order valence-corrected chi connectivity index (χ4v) is 10.5. The number of sulfonamides is 3. The molecule has 0 aliphatic carbocycles. The van der Waals surface area contributed by atoms with Gasteiger partial charge in [0.25, 0.3) is 36.0 Å². The lowest BCUT2D eigenvalue weighted by Crippen LogP contribution is -2.50. The van der Waals surface area contributed by atoms with Gasteiger partial charge in [0.15, 0.2) is 0 Å². The number of hydrogen-bond acceptors (Lipinski definition) is 7. The first kappa shape index (κ1) is 31.4. The smallest absolute Gasteiger partial charge is 0.268 e. The van der Waals surface area contributed by atoms with E-state index in [1.54, 1.807) is 38.1 Å². The van der Waals surface area contributed by atoms with Gasteiger partial charge in [-0.25, -0.2) is 29.6 Å². The minimum atomic E-state index is -4.71. The van der Waals surface area contributed by atoms with E-state index in [9.17, 15) is 30.0 Å². The van der Waals surface area contributed by atoms with Gasteiger partial charge >= 0.3 is 0 Å². The summed E-state index contributed by atoms with van der Waals surface area (Å²) >= 11 is 3.36. The van der Waals surface area contributed by atoms with Crippen LogP contribution in [0.15, 0.2) is 87.5 Å². The number of carbonyl (C=O) groups is 1. The van der Waals surface area contributed by atoms with Crippen molar-refractivity contribution in [2.24, 2.45) is 0 Å². The molecular weight excluding hydrogens is 652 g/mol. The quantitative estimate of drug-likeness (QED) is 0.197. The van der Waals surface area contributed by atoms with Gasteiger partial charge in [0.2, 0.25) is 0 Å². The van der Waals surface area contributed by atoms with Gasteiger partial charge in [0, 0.05) is 5.33 Å². The van der Waals surface area contributed by atoms with E-state index in [2.05, 4.69) is 15.9 Å². The zero-order valence-corrected chi connectivity index (χ0v) is 26.6. The lowest BCUT2D eigenvalue weighted by molar-refractivity contribution is 0.0820. The fourth-order valence-electron chi connectivity index (χ4n) is 4.65. The SMILES string of the molecule is Cc1ccc(S(=O)(=O)N(CC(CCCCCBr)N2C(=O)c3ccccc3S2(=O)=O)S(=O)(=O)c2ccc(C)cc2)cc1. The number of benzene rings is 3. The molecule has 0 fully saturated rings. The Morgan fingerprint density at radius 3 is 1.78 bits per heavy atom. The van der Waals surface area contributed by atoms with E-state index in [0.717, 1.165) is 17.5 Å². The van der Waals surface area contributed by atoms with Crippen molar-refractivity contribution in [3.63, 3.8) is 0 Å². The zero-order chi connectivity index (χ0) is 30.0. The Morgan fingerprint density at radius 1 is 0.780 bits per heavy atom. The monoisotopic (exact) mass is 682 g/mol. The lowest BCUT2D eigenvalue weighted by atomic mass is 10.1. The number of nitrogens with zero attached hydrogens (tertiary/aromatic N) is 2. The summed E-state index contributed by atoms with van der Waals surface area (Å²) in [6, 6.07) is 15.9. The van der Waals surface area contributed by atoms with E-state index >= 15 is 0 Å². The maximum absolute atomic E-state index is 14.0. The topological polar surface area (TPSA) is 126 Å². The minimum absolute atomic E-state index is 0.0349. The summed E-state index contributed by atoms with van der Waals surface area (Å²) in [5, 5.41) is 0.708. The highest BCUT2D eigenvalue weighted by molar-refractivity contribution is 9.09. The predicted molar refractivity (Wildman–Crippen MR) is 159 cm³/mol. The van der Waals surface area contributed by atoms with Crippen LogP contribution in [0.3, 0.4) is 0 Å². The van der Waals surface area contributed by atoms with Gasteiger partial charge in [0.05, 0.1) is 27.9 Å². The zero-order valence-electron chi connectivity index (χ0n) is 22.6. The van der Waals surface area contributed by atoms with Crippen molar-refractivity contribution in [2.75, 3.05) is 11.9 Å². The molecule has 1 aliphatic rings. The summed E-state index contributed by atoms with van der Waals surface area (Å²) in [5.74, 6) is -0.813. The highest BCUT2D eigenvalue weighted by Gasteiger charge is 2.48. The first-order valence-corrected chi connectivity index (χ1v) is 18.4. The molecule has 0 spiro atoms. The van der Waals surface area contributed by atoms with Crippen LogP contribution in [0.1, 0.15) is 47.2 Å². The summed E-state index contributed by atoms with van der Waals surface area (Å²) in [7, 11) is -13.8. The maximum Gasteiger partial charge on any atom is 0.269 e. The third kappa shape index (κ3) is 6.29. The number of amides is 1. The Labute approximate surface area is 250 Å². The molecule has 9 nitrogen and oxygen atoms in total. The third-order valence-electron chi connectivity index (χ3n) is 6.89. The second-order valence-electron chi connectivity index (χ2n) is 9.89. The number of fused-ring (bicyclic) bond motifs is 1. The highest BCUT2D eigenvalue weighted by Crippen LogP contribution is 2.35. The Kier molecular flexibility index (Phi) is 9.44. The molecule has 13 heteroatoms. The van der Waals surface area contributed by atoms with Gasteiger partial charge in [-0.05, 0) is 63.1 Å². The van der Waals surface area contributed by atoms with Crippen LogP contribution in [-0.2, 0) is 30.1 Å². The number of alkyl halides is 1. The Balaban J connectivity index is 1.86. The van der Waals surface area contributed by atoms with E-state index in [1.807, 2.05) is 0 Å². The van der Waals surface area contributed by atoms with Crippen molar-refractivity contribution in [1.29, 1.82) is 0 Å². The number of aryl methyl sites for hydroxylation is 2. The molecule has 1 heterocycles. The molecule has 41 heavy (non-hydrogen) atoms. The number of unbranched alkanes of at least 4 members (excludes halogenated alkanes) is 2. The van der Waals surface area contributed by atoms with E-state index in [-0.39, 0.29) is 26.7 Å². The largest absolute Gasteiger partial charge is 0.269 e. The molecule has 3 aromatic carbocycles. The summed E-state index contributed by atoms with van der Waals surface area (Å²) < 4.78 is 84.2. The van der Waals surface area contributed by atoms with Crippen LogP contribution in [0.4, 0.5) is 0 Å². The van der Waals surface area contributed by atoms with E-state index in [1.165, 1.54) is 48.5 Å². The van der Waals surface area contributed by atoms with Crippen LogP contribution in [-0.4, -0.2) is 57.1 Å². The van der Waals surface area contributed by atoms with Crippen LogP contribution >= 0.6 is 15.9 Å². The van der Waals surface area contributed by atoms with Gasteiger partial charge in [-0.3, -0.25) is 4.79 Å². The molecule has 1 aliphatic heterocycles. The molecule has 1 amide bonds. The van der Waals surface area contributed by atoms with Crippen molar-refractivity contribution in [3.05, 3.63) is 89.5 Å². The van der Waals surface area contributed by atoms with E-state index in [0.29, 0.717) is 26.2 Å². The van der Waals surface area contributed by atoms with E-state index in [4.69, 9.17) is 0 Å². The molecule has 0 saturated carbocycles. The second-order valence-corrected chi connectivity index (χ2v) is 16.4. The van der Waals surface area contributed by atoms with Gasteiger partial charge in [-0.15, -0.1) is 0 Å². The summed E-state index contributed by atoms with van der Waals surface area (Å²) in [5.41, 5.74) is 1.51. The number of carbonyl (C=O) groups excluding carboxylic acids is 1. The third-order valence-corrected chi connectivity index (χ3v) is 13.6. The van der Waals surface area contributed by atoms with Gasteiger partial charge in [-0.2, -0.15) is 0 Å². The Morgan fingerprint density at radius 2 is 1.29 bits per heavy atom. The van der Waals surface area contributed by atoms with Crippen LogP contribution in [0, 0.1) is 13.8 Å². The summed E-state index contributed by atoms with van der Waals surface area (Å²) in [6.45, 7) is 2.75. The number of rotatable bonds is 12. The number of hydrogen-bond donors (Lipinski definition) is 0. The molecule has 0 saturated heterocycles. The first-order valence-electron chi connectivity index (χ1n) is 13.0. The first-order chi connectivity index (χ1) is 19.3. The normalized spacial score (nSPS) is 15.7. The van der Waals surface area contributed by atoms with Crippen molar-refractivity contribution in [1.82, 2.24) is 8.02 Å². The minimum Gasteiger partial charge on any atom is -0.268 e. The van der Waals surface area contributed by atoms with Crippen molar-refractivity contribution in [3.8, 4) is 0 Å². The average Bonchev–Trinajstić information content (AvgIpc) is 3.13. The molecular formula is C28H31BrN2O7S3. The molecule has 0 radical (unpaired) electrons. The molecule has 0 aromatic heterocycles. The molecule has 1 unspecified atom stereocenters. The van der Waals surface area contributed by atoms with Crippen LogP contribution < -0.4 is 0 Å². The standard InChI is InChI=1S/C28H31BrN2O7S3/c1-21-11-15-24(16-12-21)39(33,34)30(40(35,36)25-17-13-22(2)14-18-25)20-23(8-4-3-7-19-29)31-28(32)26-9-5-6-10-27(26)41(31,37)38/h5-6,9-18,23H,3-4,7-8,19-20H2,1-2H3. The number of halogens is 1. The molecule has 220 valence electrons. The highest BCUT2D eigenvalue weighted by atomic mass is 79.9. The Bertz CT molecular complexity index is 1670. The summed E-state index contributed by atoms with van der Waals surface area (Å²) in [6.07, 6.45) is 1.93. The predicted octanol–water partition coefficient (Wildman–Crippen LogP) is 4.85. The van der Waals surface area contributed by atoms with Crippen LogP contribution in [0.25, 0.3) is 0 Å². The van der Waals surface area contributed by atoms with E-state index < -0.39 is 48.6 Å². The maximum atomic E-state index is 14.0. The van der Waals surface area contributed by atoms with Gasteiger partial charge in [0.1, 0.15) is 4.90 Å². The van der Waals surface area contributed by atoms with Crippen molar-refractivity contribution < 1.29 is 30.0 Å². The molecule has 0 N–H and O–H groups in total. The Hall–Kier alpha value is -2.58. The van der Waals surface area contributed by atoms with Gasteiger partial charge in [-0.1, -0.05) is 80.0 Å². The van der Waals surface area contributed by atoms with Crippen LogP contribution in [0.5, 0.6) is 0 Å².